The number of hydrogen-bond acceptors (Lipinski definition) is 4. The van der Waals surface area contributed by atoms with E-state index in [0.29, 0.717) is 25.2 Å². The number of piperazine rings is 1. The first-order chi connectivity index (χ1) is 10.6. The number of fused-ring (bicyclic) bond motifs is 1. The number of nitrogens with zero attached hydrogens (tertiary/aromatic N) is 2. The van der Waals surface area contributed by atoms with Gasteiger partial charge >= 0.3 is 0 Å². The molecule has 22 heavy (non-hydrogen) atoms. The Morgan fingerprint density at radius 2 is 2.23 bits per heavy atom. The molecule has 0 radical (unpaired) electrons. The maximum Gasteiger partial charge on any atom is 0.119 e. The lowest BCUT2D eigenvalue weighted by atomic mass is 10.1. The maximum absolute atomic E-state index is 10.3. The Morgan fingerprint density at radius 3 is 3.05 bits per heavy atom. The van der Waals surface area contributed by atoms with Gasteiger partial charge in [0.15, 0.2) is 0 Å². The van der Waals surface area contributed by atoms with Crippen LogP contribution in [0.3, 0.4) is 0 Å². The highest BCUT2D eigenvalue weighted by molar-refractivity contribution is 5.27. The van der Waals surface area contributed by atoms with Crippen LogP contribution in [0.5, 0.6) is 5.75 Å². The number of hydrogen-bond donors (Lipinski definition) is 1. The van der Waals surface area contributed by atoms with Crippen LogP contribution in [-0.4, -0.2) is 65.9 Å². The highest BCUT2D eigenvalue weighted by Crippen LogP contribution is 2.24. The summed E-state index contributed by atoms with van der Waals surface area (Å²) in [5, 5.41) is 10.3. The Bertz CT molecular complexity index is 494. The predicted octanol–water partition coefficient (Wildman–Crippen LogP) is 1.90. The van der Waals surface area contributed by atoms with Crippen molar-refractivity contribution in [2.75, 3.05) is 32.8 Å². The summed E-state index contributed by atoms with van der Waals surface area (Å²) in [6.45, 7) is 8.85. The molecule has 1 aromatic rings. The van der Waals surface area contributed by atoms with Crippen LogP contribution < -0.4 is 4.74 Å². The normalized spacial score (nSPS) is 27.6. The van der Waals surface area contributed by atoms with Crippen LogP contribution in [0.15, 0.2) is 24.3 Å². The number of rotatable bonds is 5. The first-order valence-electron chi connectivity index (χ1n) is 8.47. The molecule has 2 aliphatic rings. The van der Waals surface area contributed by atoms with Crippen molar-refractivity contribution in [3.8, 4) is 5.75 Å². The minimum Gasteiger partial charge on any atom is -0.491 e. The molecule has 0 saturated carbocycles. The molecule has 2 heterocycles. The highest BCUT2D eigenvalue weighted by Gasteiger charge is 2.34. The first-order valence-corrected chi connectivity index (χ1v) is 8.47. The summed E-state index contributed by atoms with van der Waals surface area (Å²) in [7, 11) is 0. The summed E-state index contributed by atoms with van der Waals surface area (Å²) in [4.78, 5) is 5.04. The fourth-order valence-electron chi connectivity index (χ4n) is 3.72. The number of ether oxygens (including phenoxy) is 1. The number of β-amino-alcohol motifs (C(OH)–C–C–N with tert-alkyl or cyclic N) is 1. The zero-order chi connectivity index (χ0) is 15.5. The zero-order valence-electron chi connectivity index (χ0n) is 13.7. The molecule has 4 heteroatoms. The average molecular weight is 304 g/mol. The fraction of sp³-hybridized carbons (Fsp3) is 0.667. The van der Waals surface area contributed by atoms with Gasteiger partial charge in [0.05, 0.1) is 0 Å². The van der Waals surface area contributed by atoms with E-state index in [1.54, 1.807) is 0 Å². The molecule has 1 aromatic carbocycles. The average Bonchev–Trinajstić information content (AvgIpc) is 2.93. The summed E-state index contributed by atoms with van der Waals surface area (Å²) in [5.74, 6) is 0.840. The van der Waals surface area contributed by atoms with Crippen LogP contribution in [-0.2, 0) is 0 Å². The molecule has 0 unspecified atom stereocenters. The number of benzene rings is 1. The maximum atomic E-state index is 10.3. The van der Waals surface area contributed by atoms with Gasteiger partial charge in [-0.15, -0.1) is 0 Å². The second kappa shape index (κ2) is 6.99. The van der Waals surface area contributed by atoms with Crippen molar-refractivity contribution in [1.82, 2.24) is 9.80 Å². The van der Waals surface area contributed by atoms with Gasteiger partial charge in [-0.2, -0.15) is 0 Å². The monoisotopic (exact) mass is 304 g/mol. The first kappa shape index (κ1) is 15.8. The molecular weight excluding hydrogens is 276 g/mol. The van der Waals surface area contributed by atoms with E-state index in [1.807, 2.05) is 31.2 Å². The predicted molar refractivity (Wildman–Crippen MR) is 88.3 cm³/mol. The van der Waals surface area contributed by atoms with Gasteiger partial charge in [-0.25, -0.2) is 0 Å². The molecular formula is C18H28N2O2. The van der Waals surface area contributed by atoms with Gasteiger partial charge in [-0.05, 0) is 50.9 Å². The van der Waals surface area contributed by atoms with Crippen LogP contribution in [0.1, 0.15) is 25.3 Å². The second-order valence-corrected chi connectivity index (χ2v) is 6.88. The lowest BCUT2D eigenvalue weighted by Gasteiger charge is -2.43. The van der Waals surface area contributed by atoms with Crippen molar-refractivity contribution in [2.24, 2.45) is 0 Å². The molecule has 2 fully saturated rings. The summed E-state index contributed by atoms with van der Waals surface area (Å²) in [6, 6.07) is 9.20. The van der Waals surface area contributed by atoms with E-state index in [4.69, 9.17) is 4.74 Å². The van der Waals surface area contributed by atoms with Crippen LogP contribution in [0, 0.1) is 6.92 Å². The summed E-state index contributed by atoms with van der Waals surface area (Å²) >= 11 is 0. The van der Waals surface area contributed by atoms with Crippen LogP contribution in [0.2, 0.25) is 0 Å². The Balaban J connectivity index is 1.47. The number of aliphatic hydroxyl groups is 1. The lowest BCUT2D eigenvalue weighted by molar-refractivity contribution is 0.00900. The number of aryl methyl sites for hydroxylation is 1. The van der Waals surface area contributed by atoms with Crippen molar-refractivity contribution >= 4 is 0 Å². The third-order valence-electron chi connectivity index (χ3n) is 4.94. The summed E-state index contributed by atoms with van der Waals surface area (Å²) < 4.78 is 5.72. The molecule has 2 aliphatic heterocycles. The minimum atomic E-state index is -0.434. The van der Waals surface area contributed by atoms with E-state index in [9.17, 15) is 5.11 Å². The molecule has 3 rings (SSSR count). The van der Waals surface area contributed by atoms with E-state index in [1.165, 1.54) is 24.9 Å². The molecule has 0 amide bonds. The Morgan fingerprint density at radius 1 is 1.36 bits per heavy atom. The molecule has 1 N–H and O–H groups in total. The molecule has 0 bridgehead atoms. The van der Waals surface area contributed by atoms with Gasteiger partial charge in [0.1, 0.15) is 18.5 Å². The smallest absolute Gasteiger partial charge is 0.119 e. The third kappa shape index (κ3) is 3.80. The lowest BCUT2D eigenvalue weighted by Crippen LogP contribution is -2.56. The van der Waals surface area contributed by atoms with Crippen molar-refractivity contribution < 1.29 is 9.84 Å². The molecule has 0 aromatic heterocycles. The van der Waals surface area contributed by atoms with Gasteiger partial charge in [-0.3, -0.25) is 9.80 Å². The minimum absolute atomic E-state index is 0.362. The Hall–Kier alpha value is -1.10. The van der Waals surface area contributed by atoms with Gasteiger partial charge in [-0.1, -0.05) is 12.1 Å². The van der Waals surface area contributed by atoms with Crippen molar-refractivity contribution in [3.05, 3.63) is 29.8 Å². The summed E-state index contributed by atoms with van der Waals surface area (Å²) in [5.41, 5.74) is 1.18. The number of aliphatic hydroxyl groups excluding tert-OH is 1. The molecule has 0 aliphatic carbocycles. The Kier molecular flexibility index (Phi) is 5.01. The summed E-state index contributed by atoms with van der Waals surface area (Å²) in [6.07, 6.45) is 2.19. The highest BCUT2D eigenvalue weighted by atomic mass is 16.5. The van der Waals surface area contributed by atoms with Crippen molar-refractivity contribution in [1.29, 1.82) is 0 Å². The van der Waals surface area contributed by atoms with Gasteiger partial charge in [0.25, 0.3) is 0 Å². The SMILES string of the molecule is Cc1cccc(OC[C@H](O)CN2C[C@@H]3CCCN3C[C@H]2C)c1. The molecule has 0 spiro atoms. The van der Waals surface area contributed by atoms with Crippen LogP contribution in [0.4, 0.5) is 0 Å². The van der Waals surface area contributed by atoms with Crippen LogP contribution in [0.25, 0.3) is 0 Å². The zero-order valence-corrected chi connectivity index (χ0v) is 13.7. The van der Waals surface area contributed by atoms with Crippen LogP contribution >= 0.6 is 0 Å². The van der Waals surface area contributed by atoms with E-state index in [2.05, 4.69) is 16.7 Å². The van der Waals surface area contributed by atoms with E-state index < -0.39 is 6.10 Å². The standard InChI is InChI=1S/C18H28N2O2/c1-14-5-3-7-18(9-14)22-13-17(21)12-20-11-16-6-4-8-19(16)10-15(20)2/h3,5,7,9,15-17,21H,4,6,8,10-13H2,1-2H3/t15-,16+,17-/m1/s1. The largest absolute Gasteiger partial charge is 0.491 e. The van der Waals surface area contributed by atoms with E-state index >= 15 is 0 Å². The van der Waals surface area contributed by atoms with Gasteiger partial charge < -0.3 is 9.84 Å². The molecule has 2 saturated heterocycles. The third-order valence-corrected chi connectivity index (χ3v) is 4.94. The van der Waals surface area contributed by atoms with E-state index in [0.717, 1.165) is 18.8 Å². The van der Waals surface area contributed by atoms with E-state index in [-0.39, 0.29) is 0 Å². The molecule has 4 nitrogen and oxygen atoms in total. The fourth-order valence-corrected chi connectivity index (χ4v) is 3.72. The van der Waals surface area contributed by atoms with Crippen molar-refractivity contribution in [2.45, 2.75) is 44.9 Å². The van der Waals surface area contributed by atoms with Crippen molar-refractivity contribution in [3.63, 3.8) is 0 Å². The van der Waals surface area contributed by atoms with Gasteiger partial charge in [0, 0.05) is 31.7 Å². The molecule has 3 atom stereocenters. The quantitative estimate of drug-likeness (QED) is 0.901. The Labute approximate surface area is 133 Å². The molecule has 122 valence electrons. The topological polar surface area (TPSA) is 35.9 Å². The second-order valence-electron chi connectivity index (χ2n) is 6.88. The van der Waals surface area contributed by atoms with Gasteiger partial charge in [0.2, 0.25) is 0 Å².